The Labute approximate surface area is 154 Å². The monoisotopic (exact) mass is 370 g/mol. The smallest absolute Gasteiger partial charge is 0.269 e. The van der Waals surface area contributed by atoms with Crippen molar-refractivity contribution in [1.29, 1.82) is 0 Å². The molecule has 0 bridgehead atoms. The number of rotatable bonds is 5. The number of benzene rings is 2. The van der Waals surface area contributed by atoms with Crippen molar-refractivity contribution in [2.75, 3.05) is 6.79 Å². The molecule has 1 amide bonds. The molecule has 3 aromatic rings. The van der Waals surface area contributed by atoms with E-state index >= 15 is 0 Å². The van der Waals surface area contributed by atoms with Gasteiger partial charge in [-0.1, -0.05) is 36.7 Å². The van der Waals surface area contributed by atoms with Gasteiger partial charge in [-0.3, -0.25) is 13.5 Å². The van der Waals surface area contributed by atoms with Crippen LogP contribution in [0.3, 0.4) is 0 Å². The zero-order valence-corrected chi connectivity index (χ0v) is 15.0. The Morgan fingerprint density at radius 1 is 1.23 bits per heavy atom. The molecule has 1 aliphatic heterocycles. The van der Waals surface area contributed by atoms with Crippen molar-refractivity contribution in [2.45, 2.75) is 25.9 Å². The molecule has 4 rings (SSSR count). The van der Waals surface area contributed by atoms with E-state index < -0.39 is 6.04 Å². The first kappa shape index (κ1) is 16.7. The van der Waals surface area contributed by atoms with Gasteiger partial charge in [0.1, 0.15) is 6.04 Å². The number of nitrogens with zero attached hydrogens (tertiary/aromatic N) is 1. The van der Waals surface area contributed by atoms with E-state index in [0.717, 1.165) is 10.3 Å². The number of amides is 1. The fraction of sp³-hybridized carbons (Fsp3) is 0.263. The number of fused-ring (bicyclic) bond motifs is 2. The SMILES string of the molecule is CC[C@H](C(=O)NCc1ccc2c(c1)OCO2)n1sc2ccccc2c1=O. The molecule has 0 fully saturated rings. The van der Waals surface area contributed by atoms with Crippen molar-refractivity contribution in [3.8, 4) is 11.5 Å². The zero-order valence-electron chi connectivity index (χ0n) is 14.2. The van der Waals surface area contributed by atoms with Gasteiger partial charge in [-0.25, -0.2) is 0 Å². The molecule has 134 valence electrons. The molecule has 2 heterocycles. The van der Waals surface area contributed by atoms with Gasteiger partial charge in [-0.05, 0) is 36.2 Å². The standard InChI is InChI=1S/C19H18N2O4S/c1-2-14(21-19(23)13-5-3-4-6-17(13)26-21)18(22)20-10-12-7-8-15-16(9-12)25-11-24-15/h3-9,14H,2,10-11H2,1H3,(H,20,22)/t14-/m1/s1. The van der Waals surface area contributed by atoms with Crippen LogP contribution >= 0.6 is 11.5 Å². The number of ether oxygens (including phenoxy) is 2. The minimum absolute atomic E-state index is 0.115. The Balaban J connectivity index is 1.52. The topological polar surface area (TPSA) is 69.6 Å². The van der Waals surface area contributed by atoms with Crippen molar-refractivity contribution in [3.05, 3.63) is 58.4 Å². The van der Waals surface area contributed by atoms with Crippen LogP contribution in [-0.4, -0.2) is 16.7 Å². The number of carbonyl (C=O) groups excluding carboxylic acids is 1. The summed E-state index contributed by atoms with van der Waals surface area (Å²) in [4.78, 5) is 25.3. The quantitative estimate of drug-likeness (QED) is 0.749. The van der Waals surface area contributed by atoms with E-state index in [2.05, 4.69) is 5.32 Å². The first-order chi connectivity index (χ1) is 12.7. The lowest BCUT2D eigenvalue weighted by Gasteiger charge is -2.15. The third-order valence-electron chi connectivity index (χ3n) is 4.39. The molecule has 0 radical (unpaired) electrons. The van der Waals surface area contributed by atoms with Crippen molar-refractivity contribution >= 4 is 27.5 Å². The minimum Gasteiger partial charge on any atom is -0.454 e. The lowest BCUT2D eigenvalue weighted by atomic mass is 10.1. The lowest BCUT2D eigenvalue weighted by molar-refractivity contribution is -0.124. The number of nitrogens with one attached hydrogen (secondary N) is 1. The van der Waals surface area contributed by atoms with E-state index in [0.29, 0.717) is 29.9 Å². The highest BCUT2D eigenvalue weighted by Gasteiger charge is 2.22. The summed E-state index contributed by atoms with van der Waals surface area (Å²) in [7, 11) is 0. The van der Waals surface area contributed by atoms with Gasteiger partial charge in [0.2, 0.25) is 12.7 Å². The maximum absolute atomic E-state index is 12.7. The van der Waals surface area contributed by atoms with E-state index in [1.807, 2.05) is 43.3 Å². The van der Waals surface area contributed by atoms with E-state index in [-0.39, 0.29) is 18.3 Å². The Morgan fingerprint density at radius 3 is 2.85 bits per heavy atom. The van der Waals surface area contributed by atoms with Crippen LogP contribution in [0.4, 0.5) is 0 Å². The maximum Gasteiger partial charge on any atom is 0.269 e. The van der Waals surface area contributed by atoms with Crippen LogP contribution in [0.5, 0.6) is 11.5 Å². The van der Waals surface area contributed by atoms with Crippen LogP contribution in [0.1, 0.15) is 24.9 Å². The van der Waals surface area contributed by atoms with E-state index in [1.165, 1.54) is 11.5 Å². The second-order valence-corrected chi connectivity index (χ2v) is 7.06. The van der Waals surface area contributed by atoms with Gasteiger partial charge in [0.15, 0.2) is 11.5 Å². The summed E-state index contributed by atoms with van der Waals surface area (Å²) in [6.07, 6.45) is 0.541. The third kappa shape index (κ3) is 2.94. The Kier molecular flexibility index (Phi) is 4.38. The van der Waals surface area contributed by atoms with Gasteiger partial charge >= 0.3 is 0 Å². The molecule has 0 saturated heterocycles. The second-order valence-electron chi connectivity index (χ2n) is 6.05. The molecule has 0 saturated carbocycles. The fourth-order valence-electron chi connectivity index (χ4n) is 3.01. The molecule has 1 aliphatic rings. The molecular formula is C19H18N2O4S. The molecule has 1 N–H and O–H groups in total. The third-order valence-corrected chi connectivity index (χ3v) is 5.56. The lowest BCUT2D eigenvalue weighted by Crippen LogP contribution is -2.34. The van der Waals surface area contributed by atoms with Crippen molar-refractivity contribution in [2.24, 2.45) is 0 Å². The Morgan fingerprint density at radius 2 is 2.04 bits per heavy atom. The highest BCUT2D eigenvalue weighted by Crippen LogP contribution is 2.32. The van der Waals surface area contributed by atoms with Gasteiger partial charge in [0.25, 0.3) is 5.56 Å². The molecule has 6 nitrogen and oxygen atoms in total. The summed E-state index contributed by atoms with van der Waals surface area (Å²) >= 11 is 1.33. The van der Waals surface area contributed by atoms with E-state index in [1.54, 1.807) is 10.0 Å². The summed E-state index contributed by atoms with van der Waals surface area (Å²) in [6, 6.07) is 12.5. The van der Waals surface area contributed by atoms with Crippen LogP contribution < -0.4 is 20.3 Å². The number of aromatic nitrogens is 1. The highest BCUT2D eigenvalue weighted by molar-refractivity contribution is 7.14. The van der Waals surface area contributed by atoms with Gasteiger partial charge in [-0.2, -0.15) is 0 Å². The summed E-state index contributed by atoms with van der Waals surface area (Å²) in [5.41, 5.74) is 0.803. The van der Waals surface area contributed by atoms with Crippen LogP contribution in [0.15, 0.2) is 47.3 Å². The molecule has 1 aromatic heterocycles. The van der Waals surface area contributed by atoms with E-state index in [9.17, 15) is 9.59 Å². The minimum atomic E-state index is -0.520. The normalized spacial score (nSPS) is 13.7. The number of carbonyl (C=O) groups is 1. The van der Waals surface area contributed by atoms with Crippen LogP contribution in [0.2, 0.25) is 0 Å². The molecule has 26 heavy (non-hydrogen) atoms. The molecule has 0 unspecified atom stereocenters. The second kappa shape index (κ2) is 6.84. The number of hydrogen-bond donors (Lipinski definition) is 1. The van der Waals surface area contributed by atoms with Gasteiger partial charge in [-0.15, -0.1) is 0 Å². The first-order valence-corrected chi connectivity index (χ1v) is 9.21. The van der Waals surface area contributed by atoms with Crippen LogP contribution in [0, 0.1) is 0 Å². The molecule has 0 spiro atoms. The Bertz CT molecular complexity index is 1020. The van der Waals surface area contributed by atoms with Crippen molar-refractivity contribution in [3.63, 3.8) is 0 Å². The average molecular weight is 370 g/mol. The first-order valence-electron chi connectivity index (χ1n) is 8.44. The fourth-order valence-corrected chi connectivity index (χ4v) is 4.17. The number of hydrogen-bond acceptors (Lipinski definition) is 5. The summed E-state index contributed by atoms with van der Waals surface area (Å²) in [5.74, 6) is 1.23. The van der Waals surface area contributed by atoms with Gasteiger partial charge < -0.3 is 14.8 Å². The van der Waals surface area contributed by atoms with Crippen molar-refractivity contribution < 1.29 is 14.3 Å². The van der Waals surface area contributed by atoms with E-state index in [4.69, 9.17) is 9.47 Å². The molecular weight excluding hydrogens is 352 g/mol. The highest BCUT2D eigenvalue weighted by atomic mass is 32.1. The maximum atomic E-state index is 12.7. The van der Waals surface area contributed by atoms with Crippen LogP contribution in [0.25, 0.3) is 10.1 Å². The predicted octanol–water partition coefficient (Wildman–Crippen LogP) is 3.06. The molecule has 0 aliphatic carbocycles. The molecule has 2 aromatic carbocycles. The molecule has 1 atom stereocenters. The van der Waals surface area contributed by atoms with Gasteiger partial charge in [0, 0.05) is 6.54 Å². The zero-order chi connectivity index (χ0) is 18.1. The average Bonchev–Trinajstić information content (AvgIpc) is 3.25. The molecule has 7 heteroatoms. The largest absolute Gasteiger partial charge is 0.454 e. The Hall–Kier alpha value is -2.80. The van der Waals surface area contributed by atoms with Crippen LogP contribution in [-0.2, 0) is 11.3 Å². The summed E-state index contributed by atoms with van der Waals surface area (Å²) in [5, 5.41) is 3.58. The summed E-state index contributed by atoms with van der Waals surface area (Å²) in [6.45, 7) is 2.49. The predicted molar refractivity (Wildman–Crippen MR) is 99.8 cm³/mol. The van der Waals surface area contributed by atoms with Crippen molar-refractivity contribution in [1.82, 2.24) is 9.27 Å². The summed E-state index contributed by atoms with van der Waals surface area (Å²) < 4.78 is 13.1. The van der Waals surface area contributed by atoms with Gasteiger partial charge in [0.05, 0.1) is 10.1 Å².